The van der Waals surface area contributed by atoms with E-state index in [4.69, 9.17) is 0 Å². The highest BCUT2D eigenvalue weighted by atomic mass is 14.9. The Hall–Kier alpha value is -1.77. The molecule has 0 atom stereocenters. The maximum atomic E-state index is 3.56. The molecule has 0 unspecified atom stereocenters. The molecule has 180 valence electrons. The summed E-state index contributed by atoms with van der Waals surface area (Å²) in [6.07, 6.45) is 11.8. The van der Waals surface area contributed by atoms with Gasteiger partial charge in [0.25, 0.3) is 0 Å². The molecule has 0 aliphatic rings. The van der Waals surface area contributed by atoms with E-state index in [1.54, 1.807) is 0 Å². The van der Waals surface area contributed by atoms with Crippen molar-refractivity contribution >= 4 is 0 Å². The van der Waals surface area contributed by atoms with Crippen molar-refractivity contribution in [2.24, 2.45) is 0 Å². The van der Waals surface area contributed by atoms with Gasteiger partial charge in [-0.15, -0.1) is 0 Å². The topological polar surface area (TPSA) is 38.7 Å². The third-order valence-electron chi connectivity index (χ3n) is 1.07. The number of aromatic nitrogens is 3. The predicted molar refractivity (Wildman–Crippen MR) is 142 cm³/mol. The van der Waals surface area contributed by atoms with Crippen LogP contribution in [0.5, 0.6) is 0 Å². The summed E-state index contributed by atoms with van der Waals surface area (Å²) in [6.45, 7) is 25.5. The van der Waals surface area contributed by atoms with Crippen LogP contribution in [-0.2, 0) is 0 Å². The van der Waals surface area contributed by atoms with E-state index < -0.39 is 0 Å². The molecule has 2 rings (SSSR count). The van der Waals surface area contributed by atoms with Crippen LogP contribution in [0.3, 0.4) is 0 Å². The first kappa shape index (κ1) is 42.4. The van der Waals surface area contributed by atoms with Crippen LogP contribution in [0.25, 0.3) is 0 Å². The van der Waals surface area contributed by atoms with E-state index in [2.05, 4.69) is 98.0 Å². The highest BCUT2D eigenvalue weighted by Crippen LogP contribution is 1.79. The third-order valence-corrected chi connectivity index (χ3v) is 1.07. The second-order valence-corrected chi connectivity index (χ2v) is 6.19. The van der Waals surface area contributed by atoms with Crippen molar-refractivity contribution in [3.8, 4) is 0 Å². The highest BCUT2D eigenvalue weighted by molar-refractivity contribution is 4.99. The van der Waals surface area contributed by atoms with Gasteiger partial charge in [-0.3, -0.25) is 0 Å². The van der Waals surface area contributed by atoms with Crippen molar-refractivity contribution in [1.82, 2.24) is 15.0 Å². The summed E-state index contributed by atoms with van der Waals surface area (Å²) in [5, 5.41) is 0. The Balaban J connectivity index is -0.0000000567. The zero-order chi connectivity index (χ0) is 24.7. The summed E-state index contributed by atoms with van der Waals surface area (Å²) in [4.78, 5) is 10.7. The fraction of sp³-hybridized carbons (Fsp3) is 0.667. The van der Waals surface area contributed by atoms with Crippen molar-refractivity contribution in [3.05, 3.63) is 55.4 Å². The van der Waals surface area contributed by atoms with Crippen LogP contribution in [0.1, 0.15) is 122 Å². The molecule has 1 heterocycles. The molecule has 0 amide bonds. The minimum atomic E-state index is 1.25. The van der Waals surface area contributed by atoms with Gasteiger partial charge in [0.1, 0.15) is 19.0 Å². The Bertz CT molecular complexity index is 253. The fourth-order valence-corrected chi connectivity index (χ4v) is 0.590. The summed E-state index contributed by atoms with van der Waals surface area (Å²) < 4.78 is 0. The summed E-state index contributed by atoms with van der Waals surface area (Å²) in [5.74, 6) is 0. The van der Waals surface area contributed by atoms with E-state index in [0.29, 0.717) is 0 Å². The van der Waals surface area contributed by atoms with Crippen molar-refractivity contribution in [2.75, 3.05) is 0 Å². The normalized spacial score (nSPS) is 6.80. The number of rotatable bonds is 0. The molecule has 3 heteroatoms. The molecule has 0 fully saturated rings. The van der Waals surface area contributed by atoms with E-state index in [0.717, 1.165) is 0 Å². The van der Waals surface area contributed by atoms with Crippen molar-refractivity contribution in [1.29, 1.82) is 0 Å². The largest absolute Gasteiger partial charge is 0.225 e. The highest BCUT2D eigenvalue weighted by Gasteiger charge is 1.59. The monoisotopic (exact) mass is 423 g/mol. The maximum absolute atomic E-state index is 3.56. The Labute approximate surface area is 192 Å². The van der Waals surface area contributed by atoms with Gasteiger partial charge in [-0.1, -0.05) is 158 Å². The van der Waals surface area contributed by atoms with Crippen LogP contribution in [0, 0.1) is 0 Å². The predicted octanol–water partition coefficient (Wildman–Crippen LogP) is 10.1. The van der Waals surface area contributed by atoms with Gasteiger partial charge in [0.15, 0.2) is 0 Å². The summed E-state index contributed by atoms with van der Waals surface area (Å²) in [6, 6.07) is 12.0. The SMILES string of the molecule is CCC.CCC.CCC.CCC.CCC.CCC.c1ccccc1.c1ncncn1. The lowest BCUT2D eigenvalue weighted by Crippen LogP contribution is -1.73. The number of hydrogen-bond donors (Lipinski definition) is 0. The van der Waals surface area contributed by atoms with Gasteiger partial charge in [0, 0.05) is 0 Å². The molecule has 0 N–H and O–H groups in total. The van der Waals surface area contributed by atoms with Gasteiger partial charge in [0.2, 0.25) is 0 Å². The minimum absolute atomic E-state index is 1.25. The van der Waals surface area contributed by atoms with Gasteiger partial charge < -0.3 is 0 Å². The maximum Gasteiger partial charge on any atom is 0.119 e. The van der Waals surface area contributed by atoms with Crippen LogP contribution < -0.4 is 0 Å². The lowest BCUT2D eigenvalue weighted by atomic mass is 10.4. The fourth-order valence-electron chi connectivity index (χ4n) is 0.590. The number of nitrogens with zero attached hydrogens (tertiary/aromatic N) is 3. The van der Waals surface area contributed by atoms with Crippen LogP contribution in [0.2, 0.25) is 0 Å². The quantitative estimate of drug-likeness (QED) is 0.423. The number of benzene rings is 1. The number of hydrogen-bond acceptors (Lipinski definition) is 3. The average molecular weight is 424 g/mol. The lowest BCUT2D eigenvalue weighted by molar-refractivity contribution is 1.05. The van der Waals surface area contributed by atoms with Gasteiger partial charge >= 0.3 is 0 Å². The lowest BCUT2D eigenvalue weighted by Gasteiger charge is -1.69. The molecule has 0 spiro atoms. The Morgan fingerprint density at radius 2 is 0.400 bits per heavy atom. The Morgan fingerprint density at radius 3 is 0.467 bits per heavy atom. The molecule has 0 radical (unpaired) electrons. The second-order valence-electron chi connectivity index (χ2n) is 6.19. The standard InChI is InChI=1S/C6H6.C3H3N3.6C3H8/c1-2-4-6-5-3-1;1-4-2-6-3-5-1;6*1-3-2/h1-6H;1-3H;6*3H2,1-2H3. The van der Waals surface area contributed by atoms with Crippen LogP contribution in [0.4, 0.5) is 0 Å². The average Bonchev–Trinajstić information content (AvgIpc) is 2.75. The van der Waals surface area contributed by atoms with Crippen LogP contribution >= 0.6 is 0 Å². The Kier molecular flexibility index (Phi) is 100. The van der Waals surface area contributed by atoms with E-state index in [-0.39, 0.29) is 0 Å². The zero-order valence-corrected chi connectivity index (χ0v) is 22.8. The van der Waals surface area contributed by atoms with Crippen LogP contribution in [0.15, 0.2) is 55.4 Å². The van der Waals surface area contributed by atoms with Gasteiger partial charge in [0.05, 0.1) is 0 Å². The summed E-state index contributed by atoms with van der Waals surface area (Å²) in [5.41, 5.74) is 0. The second kappa shape index (κ2) is 71.1. The molecule has 0 aliphatic heterocycles. The molecule has 1 aromatic heterocycles. The van der Waals surface area contributed by atoms with Gasteiger partial charge in [-0.05, 0) is 0 Å². The first-order valence-corrected chi connectivity index (χ1v) is 12.0. The smallest absolute Gasteiger partial charge is 0.119 e. The molecule has 1 aromatic carbocycles. The molecule has 0 bridgehead atoms. The van der Waals surface area contributed by atoms with E-state index in [1.165, 1.54) is 57.5 Å². The third kappa shape index (κ3) is 160. The van der Waals surface area contributed by atoms with Crippen LogP contribution in [-0.4, -0.2) is 15.0 Å². The zero-order valence-electron chi connectivity index (χ0n) is 22.8. The van der Waals surface area contributed by atoms with Crippen molar-refractivity contribution < 1.29 is 0 Å². The molecular formula is C27H57N3. The molecule has 30 heavy (non-hydrogen) atoms. The minimum Gasteiger partial charge on any atom is -0.225 e. The summed E-state index contributed by atoms with van der Waals surface area (Å²) in [7, 11) is 0. The summed E-state index contributed by atoms with van der Waals surface area (Å²) >= 11 is 0. The molecule has 3 nitrogen and oxygen atoms in total. The molecule has 0 saturated heterocycles. The molecule has 0 aliphatic carbocycles. The van der Waals surface area contributed by atoms with E-state index in [9.17, 15) is 0 Å². The van der Waals surface area contributed by atoms with E-state index in [1.807, 2.05) is 36.4 Å². The van der Waals surface area contributed by atoms with Crippen molar-refractivity contribution in [3.63, 3.8) is 0 Å². The molecule has 0 saturated carbocycles. The molecular weight excluding hydrogens is 366 g/mol. The van der Waals surface area contributed by atoms with Crippen molar-refractivity contribution in [2.45, 2.75) is 122 Å². The molecule has 2 aromatic rings. The first-order chi connectivity index (χ1) is 14.5. The first-order valence-electron chi connectivity index (χ1n) is 12.0. The van der Waals surface area contributed by atoms with E-state index >= 15 is 0 Å². The Morgan fingerprint density at radius 1 is 0.300 bits per heavy atom. The van der Waals surface area contributed by atoms with Gasteiger partial charge in [-0.25, -0.2) is 15.0 Å². The van der Waals surface area contributed by atoms with Gasteiger partial charge in [-0.2, -0.15) is 0 Å².